The van der Waals surface area contributed by atoms with Crippen LogP contribution in [-0.4, -0.2) is 46.5 Å². The highest BCUT2D eigenvalue weighted by atomic mass is 16.2. The zero-order valence-electron chi connectivity index (χ0n) is 16.7. The topological polar surface area (TPSA) is 41.4 Å². The van der Waals surface area contributed by atoms with E-state index < -0.39 is 0 Å². The van der Waals surface area contributed by atoms with Crippen molar-refractivity contribution in [2.75, 3.05) is 31.1 Å². The van der Waals surface area contributed by atoms with E-state index in [1.54, 1.807) is 0 Å². The lowest BCUT2D eigenvalue weighted by Gasteiger charge is -2.34. The van der Waals surface area contributed by atoms with Crippen molar-refractivity contribution in [3.8, 4) is 0 Å². The van der Waals surface area contributed by atoms with Gasteiger partial charge in [-0.25, -0.2) is 4.98 Å². The lowest BCUT2D eigenvalue weighted by Crippen LogP contribution is -2.44. The van der Waals surface area contributed by atoms with Crippen LogP contribution < -0.4 is 4.90 Å². The number of carbonyl (C=O) groups excluding carboxylic acids is 1. The number of amides is 1. The minimum atomic E-state index is 0.121. The summed E-state index contributed by atoms with van der Waals surface area (Å²) >= 11 is 0. The summed E-state index contributed by atoms with van der Waals surface area (Å²) in [5.74, 6) is 2.19. The van der Waals surface area contributed by atoms with Crippen molar-refractivity contribution in [3.05, 3.63) is 24.3 Å². The molecule has 2 aliphatic heterocycles. The van der Waals surface area contributed by atoms with Crippen LogP contribution in [0, 0.1) is 11.8 Å². The molecule has 2 aromatic rings. The Morgan fingerprint density at radius 1 is 1.15 bits per heavy atom. The van der Waals surface area contributed by atoms with Crippen LogP contribution in [0.15, 0.2) is 24.3 Å². The second-order valence-electron chi connectivity index (χ2n) is 8.55. The molecule has 2 aliphatic rings. The van der Waals surface area contributed by atoms with E-state index in [1.165, 1.54) is 5.52 Å². The Hall–Kier alpha value is -2.04. The summed E-state index contributed by atoms with van der Waals surface area (Å²) in [6, 6.07) is 8.42. The molecule has 0 N–H and O–H groups in total. The lowest BCUT2D eigenvalue weighted by molar-refractivity contribution is -0.134. The first kappa shape index (κ1) is 18.3. The summed E-state index contributed by atoms with van der Waals surface area (Å²) in [7, 11) is 0. The van der Waals surface area contributed by atoms with Gasteiger partial charge in [0.1, 0.15) is 0 Å². The zero-order valence-corrected chi connectivity index (χ0v) is 16.7. The molecule has 1 aromatic carbocycles. The molecule has 0 aliphatic carbocycles. The number of fused-ring (bicyclic) bond motifs is 1. The number of hydrogen-bond donors (Lipinski definition) is 0. The van der Waals surface area contributed by atoms with Crippen molar-refractivity contribution in [3.63, 3.8) is 0 Å². The van der Waals surface area contributed by atoms with Crippen molar-refractivity contribution < 1.29 is 4.79 Å². The minimum absolute atomic E-state index is 0.121. The number of piperidine rings is 1. The van der Waals surface area contributed by atoms with E-state index in [9.17, 15) is 4.79 Å². The van der Waals surface area contributed by atoms with Gasteiger partial charge >= 0.3 is 0 Å². The van der Waals surface area contributed by atoms with E-state index in [0.29, 0.717) is 11.8 Å². The molecule has 27 heavy (non-hydrogen) atoms. The second-order valence-corrected chi connectivity index (χ2v) is 8.55. The average Bonchev–Trinajstić information content (AvgIpc) is 3.34. The van der Waals surface area contributed by atoms with Crippen LogP contribution in [0.25, 0.3) is 11.0 Å². The van der Waals surface area contributed by atoms with E-state index in [4.69, 9.17) is 4.98 Å². The normalized spacial score (nSPS) is 20.8. The van der Waals surface area contributed by atoms with Gasteiger partial charge in [0.05, 0.1) is 17.0 Å². The SMILES string of the molecule is CC(C)CCn1c(N2CCCC(C(=O)N3CCCC3)C2)nc2ccccc21. The van der Waals surface area contributed by atoms with Gasteiger partial charge in [0.15, 0.2) is 0 Å². The smallest absolute Gasteiger partial charge is 0.227 e. The number of likely N-dealkylation sites (tertiary alicyclic amines) is 1. The predicted octanol–water partition coefficient (Wildman–Crippen LogP) is 3.92. The van der Waals surface area contributed by atoms with Crippen LogP contribution in [0.2, 0.25) is 0 Å². The fourth-order valence-corrected chi connectivity index (χ4v) is 4.47. The van der Waals surface area contributed by atoms with Crippen LogP contribution in [-0.2, 0) is 11.3 Å². The molecule has 146 valence electrons. The number of rotatable bonds is 5. The molecular weight excluding hydrogens is 336 g/mol. The van der Waals surface area contributed by atoms with E-state index >= 15 is 0 Å². The van der Waals surface area contributed by atoms with E-state index in [1.807, 2.05) is 0 Å². The molecule has 1 atom stereocenters. The van der Waals surface area contributed by atoms with Crippen LogP contribution in [0.4, 0.5) is 5.95 Å². The van der Waals surface area contributed by atoms with Gasteiger partial charge in [0.2, 0.25) is 11.9 Å². The molecule has 0 saturated carbocycles. The van der Waals surface area contributed by atoms with Crippen LogP contribution in [0.1, 0.15) is 46.0 Å². The first-order valence-corrected chi connectivity index (χ1v) is 10.6. The molecule has 4 rings (SSSR count). The number of imidazole rings is 1. The van der Waals surface area contributed by atoms with E-state index in [-0.39, 0.29) is 5.92 Å². The molecule has 1 unspecified atom stereocenters. The largest absolute Gasteiger partial charge is 0.342 e. The van der Waals surface area contributed by atoms with Gasteiger partial charge in [-0.2, -0.15) is 0 Å². The number of anilines is 1. The predicted molar refractivity (Wildman–Crippen MR) is 110 cm³/mol. The average molecular weight is 369 g/mol. The fraction of sp³-hybridized carbons (Fsp3) is 0.636. The first-order valence-electron chi connectivity index (χ1n) is 10.6. The van der Waals surface area contributed by atoms with E-state index in [2.05, 4.69) is 52.5 Å². The summed E-state index contributed by atoms with van der Waals surface area (Å²) in [6.45, 7) is 9.21. The van der Waals surface area contributed by atoms with Crippen molar-refractivity contribution in [1.82, 2.24) is 14.5 Å². The number of carbonyl (C=O) groups is 1. The van der Waals surface area contributed by atoms with Crippen LogP contribution in [0.5, 0.6) is 0 Å². The molecule has 0 bridgehead atoms. The summed E-state index contributed by atoms with van der Waals surface area (Å²) in [5.41, 5.74) is 2.27. The third-order valence-electron chi connectivity index (χ3n) is 6.04. The number of benzene rings is 1. The number of hydrogen-bond acceptors (Lipinski definition) is 3. The van der Waals surface area contributed by atoms with Crippen molar-refractivity contribution >= 4 is 22.9 Å². The van der Waals surface area contributed by atoms with Gasteiger partial charge in [0, 0.05) is 32.7 Å². The maximum atomic E-state index is 12.9. The highest BCUT2D eigenvalue weighted by Gasteiger charge is 2.32. The maximum absolute atomic E-state index is 12.9. The number of para-hydroxylation sites is 2. The van der Waals surface area contributed by atoms with Gasteiger partial charge in [-0.1, -0.05) is 26.0 Å². The van der Waals surface area contributed by atoms with Crippen LogP contribution in [0.3, 0.4) is 0 Å². The third kappa shape index (κ3) is 3.83. The molecule has 2 fully saturated rings. The Balaban J connectivity index is 1.58. The van der Waals surface area contributed by atoms with Gasteiger partial charge < -0.3 is 14.4 Å². The zero-order chi connectivity index (χ0) is 18.8. The monoisotopic (exact) mass is 368 g/mol. The number of aryl methyl sites for hydroxylation is 1. The second kappa shape index (κ2) is 7.91. The van der Waals surface area contributed by atoms with Crippen LogP contribution >= 0.6 is 0 Å². The fourth-order valence-electron chi connectivity index (χ4n) is 4.47. The maximum Gasteiger partial charge on any atom is 0.227 e. The Morgan fingerprint density at radius 2 is 1.93 bits per heavy atom. The van der Waals surface area contributed by atoms with Gasteiger partial charge in [-0.15, -0.1) is 0 Å². The first-order chi connectivity index (χ1) is 13.1. The third-order valence-corrected chi connectivity index (χ3v) is 6.04. The summed E-state index contributed by atoms with van der Waals surface area (Å²) in [4.78, 5) is 22.3. The van der Waals surface area contributed by atoms with Crippen molar-refractivity contribution in [1.29, 1.82) is 0 Å². The van der Waals surface area contributed by atoms with Crippen molar-refractivity contribution in [2.45, 2.75) is 52.5 Å². The molecule has 2 saturated heterocycles. The molecular formula is C22H32N4O. The Bertz CT molecular complexity index is 791. The Morgan fingerprint density at radius 3 is 2.70 bits per heavy atom. The minimum Gasteiger partial charge on any atom is -0.342 e. The number of aromatic nitrogens is 2. The van der Waals surface area contributed by atoms with Gasteiger partial charge in [0.25, 0.3) is 0 Å². The molecule has 5 heteroatoms. The highest BCUT2D eigenvalue weighted by Crippen LogP contribution is 2.29. The highest BCUT2D eigenvalue weighted by molar-refractivity contribution is 5.81. The summed E-state index contributed by atoms with van der Waals surface area (Å²) in [6.07, 6.45) is 5.54. The molecule has 1 amide bonds. The van der Waals surface area contributed by atoms with Crippen molar-refractivity contribution in [2.24, 2.45) is 11.8 Å². The summed E-state index contributed by atoms with van der Waals surface area (Å²) in [5, 5.41) is 0. The Kier molecular flexibility index (Phi) is 5.37. The van der Waals surface area contributed by atoms with Gasteiger partial charge in [-0.3, -0.25) is 4.79 Å². The molecule has 0 spiro atoms. The molecule has 0 radical (unpaired) electrons. The molecule has 1 aromatic heterocycles. The standard InChI is InChI=1S/C22H32N4O/c1-17(2)11-15-26-20-10-4-3-9-19(20)23-22(26)25-14-7-8-18(16-25)21(27)24-12-5-6-13-24/h3-4,9-10,17-18H,5-8,11-16H2,1-2H3. The Labute approximate surface area is 162 Å². The molecule has 5 nitrogen and oxygen atoms in total. The quantitative estimate of drug-likeness (QED) is 0.803. The summed E-state index contributed by atoms with van der Waals surface area (Å²) < 4.78 is 2.37. The lowest BCUT2D eigenvalue weighted by atomic mass is 9.97. The number of nitrogens with zero attached hydrogens (tertiary/aromatic N) is 4. The molecule has 3 heterocycles. The van der Waals surface area contributed by atoms with E-state index in [0.717, 1.165) is 76.3 Å². The van der Waals surface area contributed by atoms with Gasteiger partial charge in [-0.05, 0) is 50.2 Å².